The minimum atomic E-state index is -0.260. The number of nitrogens with one attached hydrogen (secondary N) is 1. The number of hydrogen-bond acceptors (Lipinski definition) is 4. The van der Waals surface area contributed by atoms with E-state index in [2.05, 4.69) is 26.1 Å². The summed E-state index contributed by atoms with van der Waals surface area (Å²) in [6, 6.07) is 0. The molecule has 0 radical (unpaired) electrons. The van der Waals surface area contributed by atoms with Crippen molar-refractivity contribution in [2.45, 2.75) is 39.7 Å². The fourth-order valence-electron chi connectivity index (χ4n) is 1.59. The maximum absolute atomic E-state index is 9.75. The van der Waals surface area contributed by atoms with E-state index in [-0.39, 0.29) is 11.5 Å². The Morgan fingerprint density at radius 2 is 1.88 bits per heavy atom. The van der Waals surface area contributed by atoms with Gasteiger partial charge in [-0.05, 0) is 24.8 Å². The van der Waals surface area contributed by atoms with Crippen LogP contribution in [0.3, 0.4) is 0 Å². The summed E-state index contributed by atoms with van der Waals surface area (Å²) in [6.45, 7) is 10.0. The molecule has 0 aliphatic heterocycles. The summed E-state index contributed by atoms with van der Waals surface area (Å²) in [5.74, 6) is 0. The van der Waals surface area contributed by atoms with E-state index in [1.807, 2.05) is 0 Å². The Hall–Kier alpha value is -0.160. The van der Waals surface area contributed by atoms with E-state index in [9.17, 15) is 5.11 Å². The van der Waals surface area contributed by atoms with E-state index in [4.69, 9.17) is 9.47 Å². The Morgan fingerprint density at radius 3 is 2.47 bits per heavy atom. The monoisotopic (exact) mass is 247 g/mol. The van der Waals surface area contributed by atoms with Crippen LogP contribution < -0.4 is 5.32 Å². The lowest BCUT2D eigenvalue weighted by atomic mass is 9.89. The van der Waals surface area contributed by atoms with Crippen LogP contribution in [-0.2, 0) is 9.47 Å². The summed E-state index contributed by atoms with van der Waals surface area (Å²) in [4.78, 5) is 0. The van der Waals surface area contributed by atoms with Crippen LogP contribution in [0.4, 0.5) is 0 Å². The second kappa shape index (κ2) is 9.83. The molecule has 0 saturated carbocycles. The number of aliphatic hydroxyl groups is 1. The molecular formula is C13H29NO3. The summed E-state index contributed by atoms with van der Waals surface area (Å²) >= 11 is 0. The normalized spacial score (nSPS) is 13.9. The van der Waals surface area contributed by atoms with Gasteiger partial charge in [0.1, 0.15) is 0 Å². The zero-order valence-electron chi connectivity index (χ0n) is 11.8. The second-order valence-electron chi connectivity index (χ2n) is 5.58. The molecule has 0 bridgehead atoms. The Labute approximate surface area is 106 Å². The highest BCUT2D eigenvalue weighted by atomic mass is 16.5. The maximum Gasteiger partial charge on any atom is 0.0700 e. The van der Waals surface area contributed by atoms with Gasteiger partial charge in [0.15, 0.2) is 0 Å². The number of ether oxygens (including phenoxy) is 2. The molecule has 0 fully saturated rings. The van der Waals surface area contributed by atoms with Crippen molar-refractivity contribution >= 4 is 0 Å². The number of rotatable bonds is 10. The standard InChI is InChI=1S/C13H29NO3/c1-13(2,3)10-12(15)11-14-6-5-7-17-9-8-16-4/h12,14-15H,5-11H2,1-4H3. The molecule has 1 unspecified atom stereocenters. The molecule has 0 saturated heterocycles. The van der Waals surface area contributed by atoms with Crippen molar-refractivity contribution in [3.05, 3.63) is 0 Å². The van der Waals surface area contributed by atoms with Gasteiger partial charge in [0.2, 0.25) is 0 Å². The molecule has 0 spiro atoms. The second-order valence-corrected chi connectivity index (χ2v) is 5.58. The van der Waals surface area contributed by atoms with Crippen molar-refractivity contribution in [2.75, 3.05) is 40.0 Å². The largest absolute Gasteiger partial charge is 0.392 e. The van der Waals surface area contributed by atoms with Gasteiger partial charge in [0, 0.05) is 20.3 Å². The summed E-state index contributed by atoms with van der Waals surface area (Å²) in [6.07, 6.45) is 1.53. The number of hydrogen-bond donors (Lipinski definition) is 2. The third-order valence-corrected chi connectivity index (χ3v) is 2.30. The van der Waals surface area contributed by atoms with Gasteiger partial charge in [-0.15, -0.1) is 0 Å². The molecule has 0 aromatic rings. The van der Waals surface area contributed by atoms with Gasteiger partial charge in [0.05, 0.1) is 19.3 Å². The first kappa shape index (κ1) is 16.8. The predicted octanol–water partition coefficient (Wildman–Crippen LogP) is 1.43. The van der Waals surface area contributed by atoms with Crippen LogP contribution in [0.2, 0.25) is 0 Å². The van der Waals surface area contributed by atoms with Crippen molar-refractivity contribution in [1.82, 2.24) is 5.32 Å². The Balaban J connectivity index is 3.22. The van der Waals surface area contributed by atoms with E-state index < -0.39 is 0 Å². The SMILES string of the molecule is COCCOCCCNCC(O)CC(C)(C)C. The average molecular weight is 247 g/mol. The van der Waals surface area contributed by atoms with Crippen LogP contribution in [0.25, 0.3) is 0 Å². The van der Waals surface area contributed by atoms with Gasteiger partial charge < -0.3 is 19.9 Å². The first-order valence-electron chi connectivity index (χ1n) is 6.41. The molecule has 0 amide bonds. The van der Waals surface area contributed by atoms with E-state index in [0.29, 0.717) is 19.8 Å². The van der Waals surface area contributed by atoms with Crippen molar-refractivity contribution in [1.29, 1.82) is 0 Å². The lowest BCUT2D eigenvalue weighted by Crippen LogP contribution is -2.31. The molecule has 1 atom stereocenters. The molecule has 4 nitrogen and oxygen atoms in total. The lowest BCUT2D eigenvalue weighted by molar-refractivity contribution is 0.0686. The zero-order chi connectivity index (χ0) is 13.1. The molecule has 17 heavy (non-hydrogen) atoms. The van der Waals surface area contributed by atoms with E-state index in [0.717, 1.165) is 26.0 Å². The van der Waals surface area contributed by atoms with Crippen molar-refractivity contribution in [3.8, 4) is 0 Å². The Kier molecular flexibility index (Phi) is 9.74. The highest BCUT2D eigenvalue weighted by Crippen LogP contribution is 2.20. The minimum Gasteiger partial charge on any atom is -0.392 e. The van der Waals surface area contributed by atoms with E-state index >= 15 is 0 Å². The van der Waals surface area contributed by atoms with Crippen LogP contribution in [0.5, 0.6) is 0 Å². The van der Waals surface area contributed by atoms with Crippen molar-refractivity contribution < 1.29 is 14.6 Å². The molecule has 0 aromatic heterocycles. The number of aliphatic hydroxyl groups excluding tert-OH is 1. The third-order valence-electron chi connectivity index (χ3n) is 2.30. The summed E-state index contributed by atoms with van der Waals surface area (Å²) < 4.78 is 10.2. The van der Waals surface area contributed by atoms with Crippen LogP contribution in [0, 0.1) is 5.41 Å². The third kappa shape index (κ3) is 13.8. The van der Waals surface area contributed by atoms with Gasteiger partial charge in [-0.25, -0.2) is 0 Å². The predicted molar refractivity (Wildman–Crippen MR) is 70.3 cm³/mol. The summed E-state index contributed by atoms with van der Waals surface area (Å²) in [5.41, 5.74) is 0.185. The van der Waals surface area contributed by atoms with Crippen molar-refractivity contribution in [2.24, 2.45) is 5.41 Å². The Bertz CT molecular complexity index is 169. The van der Waals surface area contributed by atoms with Crippen LogP contribution >= 0.6 is 0 Å². The minimum absolute atomic E-state index is 0.185. The first-order chi connectivity index (χ1) is 7.95. The summed E-state index contributed by atoms with van der Waals surface area (Å²) in [5, 5.41) is 13.0. The zero-order valence-corrected chi connectivity index (χ0v) is 11.8. The number of methoxy groups -OCH3 is 1. The average Bonchev–Trinajstić information content (AvgIpc) is 2.19. The van der Waals surface area contributed by atoms with Crippen LogP contribution in [-0.4, -0.2) is 51.2 Å². The van der Waals surface area contributed by atoms with Crippen molar-refractivity contribution in [3.63, 3.8) is 0 Å². The molecule has 2 N–H and O–H groups in total. The molecule has 0 rings (SSSR count). The van der Waals surface area contributed by atoms with Gasteiger partial charge in [-0.2, -0.15) is 0 Å². The summed E-state index contributed by atoms with van der Waals surface area (Å²) in [7, 11) is 1.67. The highest BCUT2D eigenvalue weighted by Gasteiger charge is 2.15. The van der Waals surface area contributed by atoms with Gasteiger partial charge >= 0.3 is 0 Å². The van der Waals surface area contributed by atoms with Gasteiger partial charge in [0.25, 0.3) is 0 Å². The molecular weight excluding hydrogens is 218 g/mol. The van der Waals surface area contributed by atoms with Gasteiger partial charge in [-0.1, -0.05) is 20.8 Å². The topological polar surface area (TPSA) is 50.7 Å². The maximum atomic E-state index is 9.75. The molecule has 0 aromatic carbocycles. The van der Waals surface area contributed by atoms with E-state index in [1.165, 1.54) is 0 Å². The fraction of sp³-hybridized carbons (Fsp3) is 1.00. The lowest BCUT2D eigenvalue weighted by Gasteiger charge is -2.22. The highest BCUT2D eigenvalue weighted by molar-refractivity contribution is 4.69. The van der Waals surface area contributed by atoms with Gasteiger partial charge in [-0.3, -0.25) is 0 Å². The quantitative estimate of drug-likeness (QED) is 0.573. The van der Waals surface area contributed by atoms with Crippen LogP contribution in [0.15, 0.2) is 0 Å². The van der Waals surface area contributed by atoms with E-state index in [1.54, 1.807) is 7.11 Å². The van der Waals surface area contributed by atoms with Crippen LogP contribution in [0.1, 0.15) is 33.6 Å². The molecule has 0 aliphatic rings. The smallest absolute Gasteiger partial charge is 0.0700 e. The molecule has 4 heteroatoms. The Morgan fingerprint density at radius 1 is 1.18 bits per heavy atom. The molecule has 104 valence electrons. The molecule has 0 aliphatic carbocycles. The fourth-order valence-corrected chi connectivity index (χ4v) is 1.59. The molecule has 0 heterocycles. The first-order valence-corrected chi connectivity index (χ1v) is 6.41.